The number of hydrogen-bond donors (Lipinski definition) is 0. The first-order chi connectivity index (χ1) is 14.2. The van der Waals surface area contributed by atoms with Crippen LogP contribution in [0.3, 0.4) is 0 Å². The van der Waals surface area contributed by atoms with Gasteiger partial charge in [0, 0.05) is 30.0 Å². The highest BCUT2D eigenvalue weighted by atomic mass is 79.9. The number of benzene rings is 2. The van der Waals surface area contributed by atoms with E-state index in [0.717, 1.165) is 26.9 Å². The fourth-order valence-corrected chi connectivity index (χ4v) is 4.02. The standard InChI is InChI=1S/C23H17BrN2O3/c24-17-5-1-3-15(9-17)10-21-22(27)18-6-7-20-19(23(18)29-21)13-26(14-28-20)12-16-4-2-8-25-11-16/h1-11H,12-14H2/b21-10-. The van der Waals surface area contributed by atoms with Crippen molar-refractivity contribution >= 4 is 27.8 Å². The average molecular weight is 449 g/mol. The molecule has 5 nitrogen and oxygen atoms in total. The minimum Gasteiger partial charge on any atom is -0.478 e. The predicted molar refractivity (Wildman–Crippen MR) is 112 cm³/mol. The quantitative estimate of drug-likeness (QED) is 0.538. The van der Waals surface area contributed by atoms with Gasteiger partial charge in [0.25, 0.3) is 0 Å². The molecule has 0 aliphatic carbocycles. The topological polar surface area (TPSA) is 51.7 Å². The zero-order chi connectivity index (χ0) is 19.8. The molecule has 0 fully saturated rings. The van der Waals surface area contributed by atoms with Crippen molar-refractivity contribution < 1.29 is 14.3 Å². The molecule has 0 atom stereocenters. The van der Waals surface area contributed by atoms with Gasteiger partial charge in [-0.2, -0.15) is 0 Å². The number of rotatable bonds is 3. The van der Waals surface area contributed by atoms with Gasteiger partial charge in [0.2, 0.25) is 5.78 Å². The summed E-state index contributed by atoms with van der Waals surface area (Å²) in [7, 11) is 0. The third-order valence-electron chi connectivity index (χ3n) is 4.96. The van der Waals surface area contributed by atoms with Gasteiger partial charge in [0.15, 0.2) is 5.76 Å². The predicted octanol–water partition coefficient (Wildman–Crippen LogP) is 4.81. The fraction of sp³-hybridized carbons (Fsp3) is 0.130. The molecule has 1 aromatic heterocycles. The highest BCUT2D eigenvalue weighted by molar-refractivity contribution is 9.10. The van der Waals surface area contributed by atoms with E-state index in [0.29, 0.717) is 36.9 Å². The van der Waals surface area contributed by atoms with E-state index in [9.17, 15) is 4.79 Å². The minimum atomic E-state index is -0.104. The summed E-state index contributed by atoms with van der Waals surface area (Å²) in [4.78, 5) is 19.2. The summed E-state index contributed by atoms with van der Waals surface area (Å²) in [6.45, 7) is 1.84. The number of ether oxygens (including phenoxy) is 2. The zero-order valence-electron chi connectivity index (χ0n) is 15.5. The lowest BCUT2D eigenvalue weighted by Crippen LogP contribution is -2.31. The maximum atomic E-state index is 12.9. The minimum absolute atomic E-state index is 0.104. The average Bonchev–Trinajstić information content (AvgIpc) is 3.05. The van der Waals surface area contributed by atoms with Crippen molar-refractivity contribution in [3.63, 3.8) is 0 Å². The van der Waals surface area contributed by atoms with Crippen LogP contribution in [0.4, 0.5) is 0 Å². The molecule has 0 saturated carbocycles. The Balaban J connectivity index is 1.44. The molecule has 2 aliphatic rings. The highest BCUT2D eigenvalue weighted by Gasteiger charge is 2.33. The number of pyridine rings is 1. The number of Topliss-reactive ketones (excluding diaryl/α,β-unsaturated/α-hetero) is 1. The summed E-state index contributed by atoms with van der Waals surface area (Å²) in [5.41, 5.74) is 3.50. The largest absolute Gasteiger partial charge is 0.478 e. The molecule has 3 aromatic rings. The van der Waals surface area contributed by atoms with Crippen molar-refractivity contribution in [3.05, 3.63) is 93.4 Å². The summed E-state index contributed by atoms with van der Waals surface area (Å²) in [6.07, 6.45) is 5.39. The normalized spacial score (nSPS) is 16.9. The van der Waals surface area contributed by atoms with Crippen molar-refractivity contribution in [1.29, 1.82) is 0 Å². The number of nitrogens with zero attached hydrogens (tertiary/aromatic N) is 2. The van der Waals surface area contributed by atoms with Crippen LogP contribution in [-0.4, -0.2) is 22.4 Å². The Morgan fingerprint density at radius 1 is 1.17 bits per heavy atom. The molecule has 0 saturated heterocycles. The Kier molecular flexibility index (Phi) is 4.66. The molecule has 29 heavy (non-hydrogen) atoms. The van der Waals surface area contributed by atoms with Gasteiger partial charge in [-0.1, -0.05) is 34.1 Å². The number of ketones is 1. The summed E-state index contributed by atoms with van der Waals surface area (Å²) < 4.78 is 12.9. The van der Waals surface area contributed by atoms with Crippen LogP contribution in [0.1, 0.15) is 27.0 Å². The van der Waals surface area contributed by atoms with Gasteiger partial charge >= 0.3 is 0 Å². The maximum absolute atomic E-state index is 12.9. The summed E-state index contributed by atoms with van der Waals surface area (Å²) in [5.74, 6) is 1.59. The molecule has 0 N–H and O–H groups in total. The number of hydrogen-bond acceptors (Lipinski definition) is 5. The molecule has 0 amide bonds. The molecular weight excluding hydrogens is 432 g/mol. The van der Waals surface area contributed by atoms with Crippen LogP contribution >= 0.6 is 15.9 Å². The van der Waals surface area contributed by atoms with Gasteiger partial charge < -0.3 is 9.47 Å². The van der Waals surface area contributed by atoms with Crippen LogP contribution in [0.5, 0.6) is 11.5 Å². The molecule has 0 spiro atoms. The van der Waals surface area contributed by atoms with Gasteiger partial charge in [-0.05, 0) is 47.5 Å². The van der Waals surface area contributed by atoms with Gasteiger partial charge in [0.1, 0.15) is 18.2 Å². The molecular formula is C23H17BrN2O3. The van der Waals surface area contributed by atoms with Gasteiger partial charge in [0.05, 0.1) is 11.1 Å². The Bertz CT molecular complexity index is 1130. The Morgan fingerprint density at radius 3 is 2.93 bits per heavy atom. The first-order valence-corrected chi connectivity index (χ1v) is 10.1. The number of fused-ring (bicyclic) bond motifs is 3. The van der Waals surface area contributed by atoms with Crippen LogP contribution in [-0.2, 0) is 13.1 Å². The third kappa shape index (κ3) is 3.57. The molecule has 144 valence electrons. The molecule has 0 unspecified atom stereocenters. The molecule has 2 aromatic carbocycles. The van der Waals surface area contributed by atoms with Crippen LogP contribution in [0.2, 0.25) is 0 Å². The number of carbonyl (C=O) groups is 1. The highest BCUT2D eigenvalue weighted by Crippen LogP contribution is 2.42. The lowest BCUT2D eigenvalue weighted by molar-refractivity contribution is 0.0872. The SMILES string of the molecule is O=C1/C(=C/c2cccc(Br)c2)Oc2c1ccc1c2CN(Cc2cccnc2)CO1. The van der Waals surface area contributed by atoms with E-state index in [1.54, 1.807) is 18.3 Å². The first-order valence-electron chi connectivity index (χ1n) is 9.27. The Hall–Kier alpha value is -2.96. The van der Waals surface area contributed by atoms with Gasteiger partial charge in [-0.15, -0.1) is 0 Å². The summed E-state index contributed by atoms with van der Waals surface area (Å²) in [6, 6.07) is 15.4. The molecule has 3 heterocycles. The van der Waals surface area contributed by atoms with Crippen molar-refractivity contribution in [3.8, 4) is 11.5 Å². The molecule has 0 bridgehead atoms. The van der Waals surface area contributed by atoms with Gasteiger partial charge in [-0.25, -0.2) is 0 Å². The monoisotopic (exact) mass is 448 g/mol. The smallest absolute Gasteiger partial charge is 0.231 e. The van der Waals surface area contributed by atoms with E-state index in [1.165, 1.54) is 0 Å². The fourth-order valence-electron chi connectivity index (χ4n) is 3.60. The van der Waals surface area contributed by atoms with E-state index >= 15 is 0 Å². The van der Waals surface area contributed by atoms with Crippen LogP contribution in [0.15, 0.2) is 71.2 Å². The van der Waals surface area contributed by atoms with E-state index in [-0.39, 0.29) is 5.78 Å². The number of allylic oxidation sites excluding steroid dienone is 1. The molecule has 5 rings (SSSR count). The van der Waals surface area contributed by atoms with Crippen LogP contribution < -0.4 is 9.47 Å². The zero-order valence-corrected chi connectivity index (χ0v) is 17.1. The van der Waals surface area contributed by atoms with Crippen molar-refractivity contribution in [2.45, 2.75) is 13.1 Å². The summed E-state index contributed by atoms with van der Waals surface area (Å²) >= 11 is 3.46. The second kappa shape index (κ2) is 7.46. The number of carbonyl (C=O) groups excluding carboxylic acids is 1. The van der Waals surface area contributed by atoms with Crippen LogP contribution in [0.25, 0.3) is 6.08 Å². The van der Waals surface area contributed by atoms with Crippen LogP contribution in [0, 0.1) is 0 Å². The van der Waals surface area contributed by atoms with Crippen molar-refractivity contribution in [2.75, 3.05) is 6.73 Å². The Morgan fingerprint density at radius 2 is 2.10 bits per heavy atom. The lowest BCUT2D eigenvalue weighted by Gasteiger charge is -2.29. The maximum Gasteiger partial charge on any atom is 0.231 e. The van der Waals surface area contributed by atoms with Gasteiger partial charge in [-0.3, -0.25) is 14.7 Å². The van der Waals surface area contributed by atoms with E-state index in [1.807, 2.05) is 48.7 Å². The molecule has 0 radical (unpaired) electrons. The molecule has 6 heteroatoms. The Labute approximate surface area is 176 Å². The second-order valence-electron chi connectivity index (χ2n) is 7.04. The second-order valence-corrected chi connectivity index (χ2v) is 7.95. The van der Waals surface area contributed by atoms with E-state index in [4.69, 9.17) is 9.47 Å². The first kappa shape index (κ1) is 18.1. The van der Waals surface area contributed by atoms with Crippen molar-refractivity contribution in [1.82, 2.24) is 9.88 Å². The number of aromatic nitrogens is 1. The lowest BCUT2D eigenvalue weighted by atomic mass is 10.0. The van der Waals surface area contributed by atoms with Crippen molar-refractivity contribution in [2.24, 2.45) is 0 Å². The third-order valence-corrected chi connectivity index (χ3v) is 5.45. The summed E-state index contributed by atoms with van der Waals surface area (Å²) in [5, 5.41) is 0. The molecule has 2 aliphatic heterocycles. The van der Waals surface area contributed by atoms with E-state index in [2.05, 4.69) is 25.8 Å². The number of halogens is 1. The van der Waals surface area contributed by atoms with E-state index < -0.39 is 0 Å².